The molecule has 302 valence electrons. The first-order valence-corrected chi connectivity index (χ1v) is 23.3. The van der Waals surface area contributed by atoms with Gasteiger partial charge in [0.05, 0.1) is 11.7 Å². The molecule has 0 bridgehead atoms. The van der Waals surface area contributed by atoms with Crippen molar-refractivity contribution in [1.29, 1.82) is 0 Å². The number of fused-ring (bicyclic) bond motifs is 4. The van der Waals surface area contributed by atoms with Crippen LogP contribution in [-0.4, -0.2) is 8.75 Å². The molecule has 59 heavy (non-hydrogen) atoms. The molecule has 1 aliphatic rings. The number of hydrogen-bond acceptors (Lipinski definition) is 4. The summed E-state index contributed by atoms with van der Waals surface area (Å²) in [6.45, 7) is 9.04. The zero-order valence-electron chi connectivity index (χ0n) is 35.8. The summed E-state index contributed by atoms with van der Waals surface area (Å²) in [6, 6.07) is 47.5. The fourth-order valence-electron chi connectivity index (χ4n) is 9.70. The molecule has 0 aliphatic heterocycles. The van der Waals surface area contributed by atoms with Crippen molar-refractivity contribution >= 4 is 39.8 Å². The van der Waals surface area contributed by atoms with E-state index in [1.54, 1.807) is 5.56 Å². The first-order chi connectivity index (χ1) is 29.0. The van der Waals surface area contributed by atoms with Crippen LogP contribution in [0, 0.1) is 13.8 Å². The molecule has 0 spiro atoms. The van der Waals surface area contributed by atoms with Crippen LogP contribution in [0.3, 0.4) is 0 Å². The molecule has 8 rings (SSSR count). The molecule has 1 aromatic heterocycles. The Bertz CT molecular complexity index is 2430. The van der Waals surface area contributed by atoms with Crippen molar-refractivity contribution in [3.05, 3.63) is 150 Å². The third-order valence-corrected chi connectivity index (χ3v) is 13.4. The van der Waals surface area contributed by atoms with Gasteiger partial charge in [-0.2, -0.15) is 8.75 Å². The summed E-state index contributed by atoms with van der Waals surface area (Å²) in [4.78, 5) is 2.32. The van der Waals surface area contributed by atoms with E-state index in [1.165, 1.54) is 141 Å². The number of aromatic nitrogens is 2. The molecular formula is C55H61N3S. The largest absolute Gasteiger partial charge is 0.311 e. The lowest BCUT2D eigenvalue weighted by Gasteiger charge is -2.33. The summed E-state index contributed by atoms with van der Waals surface area (Å²) in [6.07, 6.45) is 18.3. The predicted octanol–water partition coefficient (Wildman–Crippen LogP) is 16.9. The molecule has 0 amide bonds. The van der Waals surface area contributed by atoms with Crippen LogP contribution in [0.4, 0.5) is 17.1 Å². The van der Waals surface area contributed by atoms with Gasteiger partial charge in [-0.05, 0) is 103 Å². The molecule has 1 aliphatic carbocycles. The summed E-state index contributed by atoms with van der Waals surface area (Å²) >= 11 is 1.32. The van der Waals surface area contributed by atoms with Crippen LogP contribution >= 0.6 is 11.7 Å². The van der Waals surface area contributed by atoms with Gasteiger partial charge in [0.1, 0.15) is 11.0 Å². The fraction of sp³-hybridized carbons (Fsp3) is 0.345. The minimum Gasteiger partial charge on any atom is -0.311 e. The lowest BCUT2D eigenvalue weighted by Crippen LogP contribution is -2.25. The average molecular weight is 796 g/mol. The van der Waals surface area contributed by atoms with Gasteiger partial charge in [-0.15, -0.1) is 0 Å². The number of benzene rings is 6. The van der Waals surface area contributed by atoms with Crippen molar-refractivity contribution in [3.63, 3.8) is 0 Å². The first-order valence-electron chi connectivity index (χ1n) is 22.5. The van der Waals surface area contributed by atoms with Gasteiger partial charge in [-0.1, -0.05) is 187 Å². The van der Waals surface area contributed by atoms with Gasteiger partial charge in [0.25, 0.3) is 0 Å². The van der Waals surface area contributed by atoms with Crippen LogP contribution in [0.25, 0.3) is 44.4 Å². The highest BCUT2D eigenvalue weighted by Crippen LogP contribution is 2.55. The van der Waals surface area contributed by atoms with Crippen LogP contribution in [0.1, 0.15) is 126 Å². The molecular weight excluding hydrogens is 735 g/mol. The molecule has 0 saturated heterocycles. The molecule has 1 heterocycles. The molecule has 0 radical (unpaired) electrons. The average Bonchev–Trinajstić information content (AvgIpc) is 3.86. The van der Waals surface area contributed by atoms with Crippen molar-refractivity contribution in [3.8, 4) is 33.4 Å². The molecule has 0 fully saturated rings. The molecule has 6 aromatic carbocycles. The van der Waals surface area contributed by atoms with Crippen LogP contribution in [0.15, 0.2) is 127 Å². The summed E-state index contributed by atoms with van der Waals surface area (Å²) in [5, 5.41) is 0. The molecule has 0 saturated carbocycles. The van der Waals surface area contributed by atoms with E-state index in [0.29, 0.717) is 0 Å². The Hall–Kier alpha value is -5.06. The monoisotopic (exact) mass is 795 g/mol. The van der Waals surface area contributed by atoms with E-state index in [4.69, 9.17) is 8.75 Å². The Balaban J connectivity index is 1.14. The molecule has 4 heteroatoms. The Kier molecular flexibility index (Phi) is 13.0. The summed E-state index contributed by atoms with van der Waals surface area (Å²) < 4.78 is 9.93. The summed E-state index contributed by atoms with van der Waals surface area (Å²) in [7, 11) is 0. The number of hydrogen-bond donors (Lipinski definition) is 0. The van der Waals surface area contributed by atoms with Crippen molar-refractivity contribution < 1.29 is 0 Å². The third-order valence-electron chi connectivity index (χ3n) is 12.9. The van der Waals surface area contributed by atoms with E-state index in [1.807, 2.05) is 0 Å². The minimum absolute atomic E-state index is 0.0373. The number of aryl methyl sites for hydroxylation is 2. The lowest BCUT2D eigenvalue weighted by molar-refractivity contribution is 0.398. The molecule has 0 unspecified atom stereocenters. The highest BCUT2D eigenvalue weighted by atomic mass is 32.1. The normalized spacial score (nSPS) is 12.8. The number of unbranched alkanes of at least 4 members (excludes halogenated alkanes) is 10. The van der Waals surface area contributed by atoms with Crippen molar-refractivity contribution in [2.24, 2.45) is 0 Å². The minimum atomic E-state index is 0.0373. The maximum atomic E-state index is 4.99. The van der Waals surface area contributed by atoms with E-state index in [2.05, 4.69) is 160 Å². The van der Waals surface area contributed by atoms with Crippen LogP contribution in [-0.2, 0) is 5.41 Å². The van der Waals surface area contributed by atoms with Gasteiger partial charge in [0.15, 0.2) is 0 Å². The van der Waals surface area contributed by atoms with Gasteiger partial charge in [-0.25, -0.2) is 0 Å². The second-order valence-electron chi connectivity index (χ2n) is 17.1. The van der Waals surface area contributed by atoms with Crippen molar-refractivity contribution in [2.75, 3.05) is 4.90 Å². The standard InChI is InChI=1S/C55H61N3S/c1-5-7-9-11-13-18-36-55(37-19-14-12-10-8-6-2)51-38-41(4)24-32-49(51)50-33-27-43(39-52(50)55)48-35-34-47(53-54(48)57-59-56-53)42-25-30-46(31-26-42)58(44-20-16-15-17-21-44)45-28-22-40(3)23-29-45/h15-17,20-35,38-39H,5-14,18-19,36-37H2,1-4H3. The lowest BCUT2D eigenvalue weighted by atomic mass is 9.70. The van der Waals surface area contributed by atoms with E-state index in [0.717, 1.165) is 39.2 Å². The quantitative estimate of drug-likeness (QED) is 0.0764. The van der Waals surface area contributed by atoms with E-state index < -0.39 is 0 Å². The van der Waals surface area contributed by atoms with E-state index in [-0.39, 0.29) is 5.41 Å². The van der Waals surface area contributed by atoms with E-state index in [9.17, 15) is 0 Å². The van der Waals surface area contributed by atoms with Crippen molar-refractivity contribution in [1.82, 2.24) is 8.75 Å². The van der Waals surface area contributed by atoms with Crippen molar-refractivity contribution in [2.45, 2.75) is 123 Å². The predicted molar refractivity (Wildman–Crippen MR) is 255 cm³/mol. The molecule has 0 atom stereocenters. The van der Waals surface area contributed by atoms with Gasteiger partial charge in [0, 0.05) is 33.6 Å². The van der Waals surface area contributed by atoms with Crippen LogP contribution < -0.4 is 4.90 Å². The van der Waals surface area contributed by atoms with Gasteiger partial charge in [-0.3, -0.25) is 0 Å². The smallest absolute Gasteiger partial charge is 0.113 e. The molecule has 3 nitrogen and oxygen atoms in total. The highest BCUT2D eigenvalue weighted by Gasteiger charge is 2.42. The SMILES string of the molecule is CCCCCCCCC1(CCCCCCCC)c2cc(C)ccc2-c2ccc(-c3ccc(-c4ccc(N(c5ccccc5)c5ccc(C)cc5)cc4)c4nsnc34)cc21. The number of anilines is 3. The molecule has 0 N–H and O–H groups in total. The third kappa shape index (κ3) is 8.66. The first kappa shape index (κ1) is 40.7. The zero-order chi connectivity index (χ0) is 40.6. The molecule has 7 aromatic rings. The van der Waals surface area contributed by atoms with Gasteiger partial charge < -0.3 is 4.90 Å². The number of rotatable bonds is 19. The van der Waals surface area contributed by atoms with E-state index >= 15 is 0 Å². The number of para-hydroxylation sites is 1. The van der Waals surface area contributed by atoms with Crippen LogP contribution in [0.5, 0.6) is 0 Å². The second-order valence-corrected chi connectivity index (χ2v) is 17.6. The fourth-order valence-corrected chi connectivity index (χ4v) is 10.3. The van der Waals surface area contributed by atoms with Crippen LogP contribution in [0.2, 0.25) is 0 Å². The zero-order valence-corrected chi connectivity index (χ0v) is 36.6. The maximum absolute atomic E-state index is 4.99. The Labute approximate surface area is 357 Å². The Morgan fingerprint density at radius 3 is 1.51 bits per heavy atom. The topological polar surface area (TPSA) is 29.0 Å². The Morgan fingerprint density at radius 2 is 0.898 bits per heavy atom. The summed E-state index contributed by atoms with van der Waals surface area (Å²) in [5.74, 6) is 0. The summed E-state index contributed by atoms with van der Waals surface area (Å²) in [5.41, 5.74) is 18.7. The van der Waals surface area contributed by atoms with Gasteiger partial charge in [0.2, 0.25) is 0 Å². The highest BCUT2D eigenvalue weighted by molar-refractivity contribution is 7.00. The second kappa shape index (κ2) is 18.9. The maximum Gasteiger partial charge on any atom is 0.113 e. The van der Waals surface area contributed by atoms with Gasteiger partial charge >= 0.3 is 0 Å². The number of nitrogens with zero attached hydrogens (tertiary/aromatic N) is 3. The Morgan fingerprint density at radius 1 is 0.441 bits per heavy atom.